The molecule has 0 saturated carbocycles. The van der Waals surface area contributed by atoms with Crippen LogP contribution >= 0.6 is 0 Å². The zero-order valence-corrected chi connectivity index (χ0v) is 12.9. The van der Waals surface area contributed by atoms with Gasteiger partial charge < -0.3 is 5.32 Å². The van der Waals surface area contributed by atoms with Crippen LogP contribution in [0.2, 0.25) is 0 Å². The highest BCUT2D eigenvalue weighted by Crippen LogP contribution is 2.28. The monoisotopic (exact) mass is 313 g/mol. The van der Waals surface area contributed by atoms with Crippen molar-refractivity contribution in [2.45, 2.75) is 25.2 Å². The summed E-state index contributed by atoms with van der Waals surface area (Å²) in [5.74, 6) is 0. The van der Waals surface area contributed by atoms with Crippen molar-refractivity contribution in [1.29, 1.82) is 0 Å². The highest BCUT2D eigenvalue weighted by Gasteiger charge is 2.29. The predicted molar refractivity (Wildman–Crippen MR) is 78.8 cm³/mol. The molecule has 0 aliphatic carbocycles. The van der Waals surface area contributed by atoms with E-state index in [9.17, 15) is 18.5 Å². The number of benzene rings is 1. The topological polar surface area (TPSA) is 92.6 Å². The number of hydrogen-bond donors (Lipinski definition) is 1. The van der Waals surface area contributed by atoms with E-state index in [1.165, 1.54) is 10.4 Å². The van der Waals surface area contributed by atoms with Crippen LogP contribution in [0.25, 0.3) is 0 Å². The van der Waals surface area contributed by atoms with Gasteiger partial charge in [0.2, 0.25) is 10.0 Å². The highest BCUT2D eigenvalue weighted by molar-refractivity contribution is 7.89. The van der Waals surface area contributed by atoms with E-state index in [0.29, 0.717) is 30.8 Å². The maximum Gasteiger partial charge on any atom is 0.273 e. The molecular weight excluding hydrogens is 294 g/mol. The predicted octanol–water partition coefficient (Wildman–Crippen LogP) is 1.20. The van der Waals surface area contributed by atoms with Gasteiger partial charge in [0.05, 0.1) is 9.82 Å². The molecular formula is C13H19N3O4S. The minimum Gasteiger partial charge on any atom is -0.315 e. The summed E-state index contributed by atoms with van der Waals surface area (Å²) in [7, 11) is -3.70. The second-order valence-corrected chi connectivity index (χ2v) is 7.08. The number of hydrogen-bond acceptors (Lipinski definition) is 5. The molecule has 7 nitrogen and oxygen atoms in total. The second-order valence-electron chi connectivity index (χ2n) is 5.17. The Kier molecular flexibility index (Phi) is 4.60. The highest BCUT2D eigenvalue weighted by atomic mass is 32.2. The van der Waals surface area contributed by atoms with Crippen LogP contribution in [-0.4, -0.2) is 43.8 Å². The van der Waals surface area contributed by atoms with Crippen LogP contribution in [0, 0.1) is 24.0 Å². The van der Waals surface area contributed by atoms with Crippen molar-refractivity contribution >= 4 is 15.7 Å². The Hall–Kier alpha value is -1.51. The molecule has 0 radical (unpaired) electrons. The average Bonchev–Trinajstić information content (AvgIpc) is 2.67. The summed E-state index contributed by atoms with van der Waals surface area (Å²) in [5, 5.41) is 14.2. The molecule has 1 aliphatic heterocycles. The zero-order valence-electron chi connectivity index (χ0n) is 12.1. The van der Waals surface area contributed by atoms with Crippen LogP contribution in [0.15, 0.2) is 17.0 Å². The average molecular weight is 313 g/mol. The number of rotatable bonds is 3. The Balaban J connectivity index is 2.48. The first-order valence-corrected chi connectivity index (χ1v) is 8.24. The quantitative estimate of drug-likeness (QED) is 0.668. The van der Waals surface area contributed by atoms with E-state index in [1.807, 2.05) is 0 Å². The number of nitro groups is 1. The van der Waals surface area contributed by atoms with Gasteiger partial charge in [-0.2, -0.15) is 4.31 Å². The Morgan fingerprint density at radius 2 is 1.90 bits per heavy atom. The van der Waals surface area contributed by atoms with Gasteiger partial charge in [-0.05, 0) is 38.4 Å². The molecule has 8 heteroatoms. The second kappa shape index (κ2) is 6.08. The standard InChI is InChI=1S/C13H19N3O4S/c1-10-8-11(2)13(9-12(10)16(17)18)21(19,20)15-6-3-4-14-5-7-15/h8-9,14H,3-7H2,1-2H3. The molecule has 0 amide bonds. The molecule has 1 heterocycles. The van der Waals surface area contributed by atoms with E-state index in [0.717, 1.165) is 13.0 Å². The van der Waals surface area contributed by atoms with Gasteiger partial charge in [-0.1, -0.05) is 0 Å². The van der Waals surface area contributed by atoms with Crippen LogP contribution in [-0.2, 0) is 10.0 Å². The smallest absolute Gasteiger partial charge is 0.273 e. The fraction of sp³-hybridized carbons (Fsp3) is 0.538. The SMILES string of the molecule is Cc1cc(C)c(S(=O)(=O)N2CCCNCC2)cc1[N+](=O)[O-]. The summed E-state index contributed by atoms with van der Waals surface area (Å²) in [5.41, 5.74) is 0.844. The van der Waals surface area contributed by atoms with Gasteiger partial charge in [0, 0.05) is 31.3 Å². The number of nitrogens with one attached hydrogen (secondary N) is 1. The third kappa shape index (κ3) is 3.22. The number of nitro benzene ring substituents is 1. The van der Waals surface area contributed by atoms with Crippen LogP contribution < -0.4 is 5.32 Å². The molecule has 1 fully saturated rings. The summed E-state index contributed by atoms with van der Waals surface area (Å²) in [6, 6.07) is 2.74. The molecule has 0 aromatic heterocycles. The van der Waals surface area contributed by atoms with Crippen molar-refractivity contribution in [2.24, 2.45) is 0 Å². The van der Waals surface area contributed by atoms with E-state index >= 15 is 0 Å². The maximum atomic E-state index is 12.7. The normalized spacial score (nSPS) is 17.4. The summed E-state index contributed by atoms with van der Waals surface area (Å²) in [4.78, 5) is 10.5. The molecule has 1 aromatic rings. The van der Waals surface area contributed by atoms with Crippen molar-refractivity contribution in [3.05, 3.63) is 33.4 Å². The fourth-order valence-electron chi connectivity index (χ4n) is 2.50. The summed E-state index contributed by atoms with van der Waals surface area (Å²) >= 11 is 0. The number of nitrogens with zero attached hydrogens (tertiary/aromatic N) is 2. The Morgan fingerprint density at radius 1 is 1.19 bits per heavy atom. The molecule has 1 saturated heterocycles. The van der Waals surface area contributed by atoms with Gasteiger partial charge in [-0.3, -0.25) is 10.1 Å². The lowest BCUT2D eigenvalue weighted by Crippen LogP contribution is -2.34. The van der Waals surface area contributed by atoms with Crippen LogP contribution in [0.5, 0.6) is 0 Å². The van der Waals surface area contributed by atoms with Crippen molar-refractivity contribution in [2.75, 3.05) is 26.2 Å². The van der Waals surface area contributed by atoms with Gasteiger partial charge >= 0.3 is 0 Å². The fourth-order valence-corrected chi connectivity index (χ4v) is 4.20. The van der Waals surface area contributed by atoms with Gasteiger partial charge in [-0.15, -0.1) is 0 Å². The molecule has 2 rings (SSSR count). The van der Waals surface area contributed by atoms with Crippen molar-refractivity contribution in [1.82, 2.24) is 9.62 Å². The molecule has 116 valence electrons. The lowest BCUT2D eigenvalue weighted by molar-refractivity contribution is -0.385. The molecule has 1 aliphatic rings. The molecule has 1 N–H and O–H groups in total. The van der Waals surface area contributed by atoms with Crippen molar-refractivity contribution in [3.8, 4) is 0 Å². The van der Waals surface area contributed by atoms with Crippen LogP contribution in [0.1, 0.15) is 17.5 Å². The minimum absolute atomic E-state index is 0.0294. The molecule has 0 unspecified atom stereocenters. The van der Waals surface area contributed by atoms with Crippen LogP contribution in [0.4, 0.5) is 5.69 Å². The van der Waals surface area contributed by atoms with Crippen molar-refractivity contribution in [3.63, 3.8) is 0 Å². The minimum atomic E-state index is -3.70. The third-order valence-corrected chi connectivity index (χ3v) is 5.65. The lowest BCUT2D eigenvalue weighted by atomic mass is 10.1. The first-order valence-electron chi connectivity index (χ1n) is 6.80. The largest absolute Gasteiger partial charge is 0.315 e. The van der Waals surface area contributed by atoms with E-state index in [-0.39, 0.29) is 10.6 Å². The maximum absolute atomic E-state index is 12.7. The van der Waals surface area contributed by atoms with Gasteiger partial charge in [-0.25, -0.2) is 8.42 Å². The number of sulfonamides is 1. The molecule has 1 aromatic carbocycles. The Bertz CT molecular complexity index is 650. The summed E-state index contributed by atoms with van der Waals surface area (Å²) in [6.45, 7) is 5.45. The summed E-state index contributed by atoms with van der Waals surface area (Å²) < 4.78 is 26.8. The summed E-state index contributed by atoms with van der Waals surface area (Å²) in [6.07, 6.45) is 0.728. The molecule has 21 heavy (non-hydrogen) atoms. The first-order chi connectivity index (χ1) is 9.84. The van der Waals surface area contributed by atoms with E-state index in [2.05, 4.69) is 5.32 Å². The van der Waals surface area contributed by atoms with Gasteiger partial charge in [0.1, 0.15) is 0 Å². The third-order valence-electron chi connectivity index (χ3n) is 3.61. The molecule has 0 spiro atoms. The van der Waals surface area contributed by atoms with E-state index in [1.54, 1.807) is 19.9 Å². The first kappa shape index (κ1) is 15.9. The zero-order chi connectivity index (χ0) is 15.6. The van der Waals surface area contributed by atoms with Crippen LogP contribution in [0.3, 0.4) is 0 Å². The van der Waals surface area contributed by atoms with Gasteiger partial charge in [0.25, 0.3) is 5.69 Å². The Morgan fingerprint density at radius 3 is 2.57 bits per heavy atom. The molecule has 0 atom stereocenters. The van der Waals surface area contributed by atoms with E-state index < -0.39 is 14.9 Å². The molecule has 0 bridgehead atoms. The van der Waals surface area contributed by atoms with E-state index in [4.69, 9.17) is 0 Å². The Labute approximate surface area is 124 Å². The lowest BCUT2D eigenvalue weighted by Gasteiger charge is -2.21. The van der Waals surface area contributed by atoms with Gasteiger partial charge in [0.15, 0.2) is 0 Å². The van der Waals surface area contributed by atoms with Crippen molar-refractivity contribution < 1.29 is 13.3 Å². The number of aryl methyl sites for hydroxylation is 2.